The van der Waals surface area contributed by atoms with Crippen molar-refractivity contribution >= 4 is 17.5 Å². The number of nitrogens with one attached hydrogen (secondary N) is 2. The topological polar surface area (TPSA) is 58.2 Å². The molecule has 0 saturated heterocycles. The van der Waals surface area contributed by atoms with E-state index in [4.69, 9.17) is 0 Å². The first-order chi connectivity index (χ1) is 13.4. The van der Waals surface area contributed by atoms with Crippen LogP contribution >= 0.6 is 0 Å². The second-order valence-electron chi connectivity index (χ2n) is 6.69. The van der Waals surface area contributed by atoms with Gasteiger partial charge in [0.15, 0.2) is 0 Å². The van der Waals surface area contributed by atoms with Crippen LogP contribution in [-0.4, -0.2) is 11.8 Å². The van der Waals surface area contributed by atoms with Crippen molar-refractivity contribution in [3.05, 3.63) is 101 Å². The van der Waals surface area contributed by atoms with Gasteiger partial charge in [-0.15, -0.1) is 0 Å². The van der Waals surface area contributed by atoms with Crippen LogP contribution in [-0.2, 0) is 10.3 Å². The maximum Gasteiger partial charge on any atom is 0.252 e. The van der Waals surface area contributed by atoms with Gasteiger partial charge in [-0.2, -0.15) is 0 Å². The van der Waals surface area contributed by atoms with Gasteiger partial charge in [-0.1, -0.05) is 60.7 Å². The Balaban J connectivity index is 1.98. The maximum absolute atomic E-state index is 13.9. The Morgan fingerprint density at radius 1 is 0.857 bits per heavy atom. The molecule has 0 aliphatic heterocycles. The van der Waals surface area contributed by atoms with E-state index in [1.54, 1.807) is 0 Å². The molecule has 0 saturated carbocycles. The van der Waals surface area contributed by atoms with Crippen molar-refractivity contribution in [2.24, 2.45) is 0 Å². The molecule has 3 aromatic rings. The van der Waals surface area contributed by atoms with Gasteiger partial charge in [0, 0.05) is 12.5 Å². The Morgan fingerprint density at radius 3 is 1.89 bits per heavy atom. The van der Waals surface area contributed by atoms with Crippen molar-refractivity contribution < 1.29 is 14.0 Å². The minimum atomic E-state index is -0.790. The van der Waals surface area contributed by atoms with Gasteiger partial charge in [-0.05, 0) is 36.2 Å². The third-order valence-corrected chi connectivity index (χ3v) is 4.61. The Labute approximate surface area is 163 Å². The number of carbonyl (C=O) groups excluding carboxylic acids is 2. The average Bonchev–Trinajstić information content (AvgIpc) is 2.70. The summed E-state index contributed by atoms with van der Waals surface area (Å²) in [7, 11) is 0. The van der Waals surface area contributed by atoms with E-state index in [-0.39, 0.29) is 17.2 Å². The van der Waals surface area contributed by atoms with Crippen molar-refractivity contribution in [3.8, 4) is 0 Å². The van der Waals surface area contributed by atoms with E-state index in [9.17, 15) is 14.0 Å². The van der Waals surface area contributed by atoms with E-state index in [2.05, 4.69) is 10.6 Å². The van der Waals surface area contributed by atoms with E-state index in [0.29, 0.717) is 0 Å². The molecule has 0 aliphatic carbocycles. The first-order valence-electron chi connectivity index (χ1n) is 8.91. The lowest BCUT2D eigenvalue weighted by molar-refractivity contribution is -0.114. The molecular weight excluding hydrogens is 355 g/mol. The molecule has 0 fully saturated rings. The average molecular weight is 376 g/mol. The summed E-state index contributed by atoms with van der Waals surface area (Å²) in [6.07, 6.45) is 0. The fourth-order valence-corrected chi connectivity index (χ4v) is 3.11. The smallest absolute Gasteiger partial charge is 0.252 e. The van der Waals surface area contributed by atoms with Crippen molar-refractivity contribution in [3.63, 3.8) is 0 Å². The predicted octanol–water partition coefficient (Wildman–Crippen LogP) is 4.48. The van der Waals surface area contributed by atoms with E-state index >= 15 is 0 Å². The van der Waals surface area contributed by atoms with Gasteiger partial charge in [0.2, 0.25) is 5.91 Å². The highest BCUT2D eigenvalue weighted by Crippen LogP contribution is 2.30. The van der Waals surface area contributed by atoms with Gasteiger partial charge in [-0.3, -0.25) is 9.59 Å². The number of amides is 2. The van der Waals surface area contributed by atoms with Crippen LogP contribution in [0.15, 0.2) is 78.9 Å². The quantitative estimate of drug-likeness (QED) is 0.690. The lowest BCUT2D eigenvalue weighted by atomic mass is 9.84. The molecule has 4 nitrogen and oxygen atoms in total. The second-order valence-corrected chi connectivity index (χ2v) is 6.69. The third-order valence-electron chi connectivity index (χ3n) is 4.61. The molecule has 28 heavy (non-hydrogen) atoms. The number of hydrogen-bond donors (Lipinski definition) is 2. The molecule has 0 unspecified atom stereocenters. The summed E-state index contributed by atoms with van der Waals surface area (Å²) < 4.78 is 13.9. The molecule has 0 radical (unpaired) electrons. The number of halogens is 1. The second kappa shape index (κ2) is 8.05. The summed E-state index contributed by atoms with van der Waals surface area (Å²) in [5.41, 5.74) is 1.27. The maximum atomic E-state index is 13.9. The van der Waals surface area contributed by atoms with Gasteiger partial charge >= 0.3 is 0 Å². The Kier molecular flexibility index (Phi) is 5.54. The van der Waals surface area contributed by atoms with Gasteiger partial charge < -0.3 is 10.6 Å². The summed E-state index contributed by atoms with van der Waals surface area (Å²) in [4.78, 5) is 24.3. The zero-order valence-electron chi connectivity index (χ0n) is 15.7. The summed E-state index contributed by atoms with van der Waals surface area (Å²) >= 11 is 0. The molecule has 142 valence electrons. The molecule has 0 heterocycles. The molecular formula is C23H21FN2O2. The normalized spacial score (nSPS) is 11.0. The highest BCUT2D eigenvalue weighted by atomic mass is 19.1. The Bertz CT molecular complexity index is 948. The van der Waals surface area contributed by atoms with E-state index in [1.165, 1.54) is 25.1 Å². The van der Waals surface area contributed by atoms with Crippen LogP contribution in [0.2, 0.25) is 0 Å². The minimum absolute atomic E-state index is 0.0266. The third kappa shape index (κ3) is 4.09. The predicted molar refractivity (Wildman–Crippen MR) is 108 cm³/mol. The molecule has 0 spiro atoms. The minimum Gasteiger partial charge on any atom is -0.339 e. The lowest BCUT2D eigenvalue weighted by Gasteiger charge is -2.32. The van der Waals surface area contributed by atoms with Crippen LogP contribution in [0, 0.1) is 5.82 Å². The van der Waals surface area contributed by atoms with Crippen LogP contribution in [0.3, 0.4) is 0 Å². The van der Waals surface area contributed by atoms with Crippen molar-refractivity contribution in [1.82, 2.24) is 5.32 Å². The first-order valence-corrected chi connectivity index (χ1v) is 8.91. The van der Waals surface area contributed by atoms with Crippen LogP contribution in [0.1, 0.15) is 35.3 Å². The fourth-order valence-electron chi connectivity index (χ4n) is 3.11. The van der Waals surface area contributed by atoms with Gasteiger partial charge in [0.1, 0.15) is 5.82 Å². The molecule has 3 rings (SSSR count). The molecule has 2 N–H and O–H groups in total. The molecule has 3 aromatic carbocycles. The summed E-state index contributed by atoms with van der Waals surface area (Å²) in [5.74, 6) is -1.38. The van der Waals surface area contributed by atoms with E-state index in [0.717, 1.165) is 11.1 Å². The largest absolute Gasteiger partial charge is 0.339 e. The van der Waals surface area contributed by atoms with Gasteiger partial charge in [0.25, 0.3) is 5.91 Å². The molecule has 5 heteroatoms. The van der Waals surface area contributed by atoms with Crippen LogP contribution in [0.25, 0.3) is 0 Å². The molecule has 0 aromatic heterocycles. The highest BCUT2D eigenvalue weighted by Gasteiger charge is 2.31. The van der Waals surface area contributed by atoms with Crippen LogP contribution in [0.5, 0.6) is 0 Å². The summed E-state index contributed by atoms with van der Waals surface area (Å²) in [6, 6.07) is 23.2. The van der Waals surface area contributed by atoms with Crippen LogP contribution in [0.4, 0.5) is 10.1 Å². The fraction of sp³-hybridized carbons (Fsp3) is 0.130. The summed E-state index contributed by atoms with van der Waals surface area (Å²) in [6.45, 7) is 3.21. The number of hydrogen-bond acceptors (Lipinski definition) is 2. The number of carbonyl (C=O) groups is 2. The SMILES string of the molecule is CC(=O)Nc1cc(C(=O)NC(C)(c2ccccc2)c2ccccc2)ccc1F. The number of anilines is 1. The zero-order chi connectivity index (χ0) is 20.1. The highest BCUT2D eigenvalue weighted by molar-refractivity contribution is 5.97. The van der Waals surface area contributed by atoms with Gasteiger partial charge in [0.05, 0.1) is 11.2 Å². The van der Waals surface area contributed by atoms with Crippen molar-refractivity contribution in [2.45, 2.75) is 19.4 Å². The molecule has 0 bridgehead atoms. The lowest BCUT2D eigenvalue weighted by Crippen LogP contribution is -2.44. The van der Waals surface area contributed by atoms with Gasteiger partial charge in [-0.25, -0.2) is 4.39 Å². The van der Waals surface area contributed by atoms with E-state index in [1.807, 2.05) is 67.6 Å². The Morgan fingerprint density at radius 2 is 1.39 bits per heavy atom. The van der Waals surface area contributed by atoms with E-state index < -0.39 is 17.3 Å². The van der Waals surface area contributed by atoms with Crippen LogP contribution < -0.4 is 10.6 Å². The zero-order valence-corrected chi connectivity index (χ0v) is 15.7. The molecule has 2 amide bonds. The number of rotatable bonds is 5. The monoisotopic (exact) mass is 376 g/mol. The molecule has 0 aliphatic rings. The van der Waals surface area contributed by atoms with Crippen molar-refractivity contribution in [2.75, 3.05) is 5.32 Å². The standard InChI is InChI=1S/C23H21FN2O2/c1-16(27)25-21-15-17(13-14-20(21)24)22(28)26-23(2,18-9-5-3-6-10-18)19-11-7-4-8-12-19/h3-15H,1-2H3,(H,25,27)(H,26,28). The Hall–Kier alpha value is -3.47. The molecule has 0 atom stereocenters. The first kappa shape index (κ1) is 19.3. The summed E-state index contributed by atoms with van der Waals surface area (Å²) in [5, 5.41) is 5.47. The van der Waals surface area contributed by atoms with Crippen molar-refractivity contribution in [1.29, 1.82) is 0 Å². The number of benzene rings is 3.